The molecule has 1 unspecified atom stereocenters. The van der Waals surface area contributed by atoms with Crippen molar-refractivity contribution in [1.29, 1.82) is 0 Å². The maximum Gasteiger partial charge on any atom is 0.111 e. The van der Waals surface area contributed by atoms with Crippen LogP contribution in [0, 0.1) is 5.41 Å². The van der Waals surface area contributed by atoms with Gasteiger partial charge in [0.15, 0.2) is 0 Å². The van der Waals surface area contributed by atoms with E-state index in [2.05, 4.69) is 35.4 Å². The van der Waals surface area contributed by atoms with Crippen LogP contribution in [0.1, 0.15) is 37.2 Å². The Bertz CT molecular complexity index is 529. The highest BCUT2D eigenvalue weighted by Crippen LogP contribution is 2.48. The fraction of sp³-hybridized carbons (Fsp3) is 0.533. The minimum Gasteiger partial charge on any atom is -0.396 e. The summed E-state index contributed by atoms with van der Waals surface area (Å²) in [6.45, 7) is 3.47. The van der Waals surface area contributed by atoms with Crippen molar-refractivity contribution in [2.45, 2.75) is 32.2 Å². The normalized spacial score (nSPS) is 18.6. The van der Waals surface area contributed by atoms with Gasteiger partial charge in [0.1, 0.15) is 5.01 Å². The SMILES string of the molecule is CC(NCC1(CCO)CC1)c1nc2ccccc2s1. The van der Waals surface area contributed by atoms with Gasteiger partial charge in [-0.05, 0) is 43.7 Å². The van der Waals surface area contributed by atoms with E-state index in [1.165, 1.54) is 17.5 Å². The minimum atomic E-state index is 0.286. The van der Waals surface area contributed by atoms with E-state index in [0.717, 1.165) is 23.5 Å². The standard InChI is InChI=1S/C15H20N2OS/c1-11(16-10-15(6-7-15)8-9-18)14-17-12-4-2-3-5-13(12)19-14/h2-5,11,16,18H,6-10H2,1H3. The van der Waals surface area contributed by atoms with E-state index in [0.29, 0.717) is 12.0 Å². The van der Waals surface area contributed by atoms with Gasteiger partial charge < -0.3 is 10.4 Å². The molecular weight excluding hydrogens is 256 g/mol. The lowest BCUT2D eigenvalue weighted by Crippen LogP contribution is -2.27. The zero-order chi connectivity index (χ0) is 13.3. The van der Waals surface area contributed by atoms with Gasteiger partial charge in [0, 0.05) is 13.2 Å². The second-order valence-electron chi connectivity index (χ2n) is 5.60. The monoisotopic (exact) mass is 276 g/mol. The summed E-state index contributed by atoms with van der Waals surface area (Å²) in [5, 5.41) is 13.8. The molecule has 0 saturated heterocycles. The molecule has 0 radical (unpaired) electrons. The number of thiazole rings is 1. The van der Waals surface area contributed by atoms with Gasteiger partial charge in [-0.2, -0.15) is 0 Å². The number of nitrogens with one attached hydrogen (secondary N) is 1. The number of aliphatic hydroxyl groups is 1. The number of aromatic nitrogens is 1. The number of aliphatic hydroxyl groups excluding tert-OH is 1. The average molecular weight is 276 g/mol. The van der Waals surface area contributed by atoms with E-state index in [1.54, 1.807) is 11.3 Å². The fourth-order valence-corrected chi connectivity index (χ4v) is 3.46. The van der Waals surface area contributed by atoms with Gasteiger partial charge in [-0.15, -0.1) is 11.3 Å². The van der Waals surface area contributed by atoms with Gasteiger partial charge in [0.05, 0.1) is 16.3 Å². The van der Waals surface area contributed by atoms with E-state index < -0.39 is 0 Å². The smallest absolute Gasteiger partial charge is 0.111 e. The molecule has 1 fully saturated rings. The van der Waals surface area contributed by atoms with E-state index in [4.69, 9.17) is 5.11 Å². The fourth-order valence-electron chi connectivity index (χ4n) is 2.46. The zero-order valence-corrected chi connectivity index (χ0v) is 12.0. The van der Waals surface area contributed by atoms with E-state index in [9.17, 15) is 0 Å². The van der Waals surface area contributed by atoms with Crippen LogP contribution < -0.4 is 5.32 Å². The minimum absolute atomic E-state index is 0.286. The lowest BCUT2D eigenvalue weighted by atomic mass is 10.0. The summed E-state index contributed by atoms with van der Waals surface area (Å²) < 4.78 is 1.25. The van der Waals surface area contributed by atoms with Crippen LogP contribution in [-0.2, 0) is 0 Å². The van der Waals surface area contributed by atoms with Gasteiger partial charge >= 0.3 is 0 Å². The maximum absolute atomic E-state index is 9.08. The molecule has 4 heteroatoms. The highest BCUT2D eigenvalue weighted by atomic mass is 32.1. The molecule has 0 bridgehead atoms. The molecule has 1 aromatic heterocycles. The maximum atomic E-state index is 9.08. The van der Waals surface area contributed by atoms with Gasteiger partial charge in [-0.1, -0.05) is 12.1 Å². The molecule has 1 atom stereocenters. The van der Waals surface area contributed by atoms with E-state index >= 15 is 0 Å². The highest BCUT2D eigenvalue weighted by molar-refractivity contribution is 7.18. The second-order valence-corrected chi connectivity index (χ2v) is 6.66. The molecule has 3 nitrogen and oxygen atoms in total. The Morgan fingerprint density at radius 1 is 1.42 bits per heavy atom. The highest BCUT2D eigenvalue weighted by Gasteiger charge is 2.41. The van der Waals surface area contributed by atoms with Crippen LogP contribution in [-0.4, -0.2) is 23.2 Å². The Balaban J connectivity index is 1.65. The summed E-state index contributed by atoms with van der Waals surface area (Å²) in [5.74, 6) is 0. The molecule has 19 heavy (non-hydrogen) atoms. The largest absolute Gasteiger partial charge is 0.396 e. The Hall–Kier alpha value is -0.970. The first-order valence-electron chi connectivity index (χ1n) is 6.92. The Morgan fingerprint density at radius 2 is 2.21 bits per heavy atom. The zero-order valence-electron chi connectivity index (χ0n) is 11.2. The van der Waals surface area contributed by atoms with Crippen LogP contribution in [0.15, 0.2) is 24.3 Å². The first kappa shape index (κ1) is 13.0. The van der Waals surface area contributed by atoms with Crippen molar-refractivity contribution in [3.8, 4) is 0 Å². The van der Waals surface area contributed by atoms with Crippen LogP contribution in [0.2, 0.25) is 0 Å². The number of rotatable bonds is 6. The van der Waals surface area contributed by atoms with Gasteiger partial charge in [-0.3, -0.25) is 0 Å². The molecular formula is C15H20N2OS. The van der Waals surface area contributed by atoms with Crippen molar-refractivity contribution in [1.82, 2.24) is 10.3 Å². The molecule has 0 aliphatic heterocycles. The van der Waals surface area contributed by atoms with Crippen LogP contribution in [0.25, 0.3) is 10.2 Å². The summed E-state index contributed by atoms with van der Waals surface area (Å²) >= 11 is 1.77. The summed E-state index contributed by atoms with van der Waals surface area (Å²) in [5.41, 5.74) is 1.45. The van der Waals surface area contributed by atoms with Crippen molar-refractivity contribution in [2.24, 2.45) is 5.41 Å². The van der Waals surface area contributed by atoms with Gasteiger partial charge in [0.25, 0.3) is 0 Å². The van der Waals surface area contributed by atoms with E-state index in [-0.39, 0.29) is 6.04 Å². The number of fused-ring (bicyclic) bond motifs is 1. The van der Waals surface area contributed by atoms with Crippen molar-refractivity contribution in [3.05, 3.63) is 29.3 Å². The molecule has 1 aromatic carbocycles. The Kier molecular flexibility index (Phi) is 3.56. The lowest BCUT2D eigenvalue weighted by molar-refractivity contribution is 0.243. The predicted octanol–water partition coefficient (Wildman–Crippen LogP) is 3.11. The molecule has 1 saturated carbocycles. The molecule has 2 N–H and O–H groups in total. The van der Waals surface area contributed by atoms with Crippen molar-refractivity contribution in [3.63, 3.8) is 0 Å². The molecule has 102 valence electrons. The van der Waals surface area contributed by atoms with Crippen molar-refractivity contribution in [2.75, 3.05) is 13.2 Å². The topological polar surface area (TPSA) is 45.1 Å². The predicted molar refractivity (Wildman–Crippen MR) is 79.4 cm³/mol. The molecule has 1 aliphatic carbocycles. The van der Waals surface area contributed by atoms with Gasteiger partial charge in [0.2, 0.25) is 0 Å². The summed E-state index contributed by atoms with van der Waals surface area (Å²) in [6, 6.07) is 8.56. The Morgan fingerprint density at radius 3 is 2.89 bits per heavy atom. The molecule has 1 heterocycles. The number of hydrogen-bond acceptors (Lipinski definition) is 4. The van der Waals surface area contributed by atoms with Gasteiger partial charge in [-0.25, -0.2) is 4.98 Å². The average Bonchev–Trinajstić information content (AvgIpc) is 3.04. The third kappa shape index (κ3) is 2.81. The van der Waals surface area contributed by atoms with Crippen molar-refractivity contribution < 1.29 is 5.11 Å². The van der Waals surface area contributed by atoms with Crippen LogP contribution >= 0.6 is 11.3 Å². The first-order valence-corrected chi connectivity index (χ1v) is 7.74. The van der Waals surface area contributed by atoms with Crippen LogP contribution in [0.5, 0.6) is 0 Å². The number of benzene rings is 1. The number of hydrogen-bond donors (Lipinski definition) is 2. The van der Waals surface area contributed by atoms with E-state index in [1.807, 2.05) is 6.07 Å². The summed E-state index contributed by atoms with van der Waals surface area (Å²) in [7, 11) is 0. The third-order valence-electron chi connectivity index (χ3n) is 4.06. The first-order chi connectivity index (χ1) is 9.22. The van der Waals surface area contributed by atoms with Crippen molar-refractivity contribution >= 4 is 21.6 Å². The quantitative estimate of drug-likeness (QED) is 0.852. The number of nitrogens with zero attached hydrogens (tertiary/aromatic N) is 1. The summed E-state index contributed by atoms with van der Waals surface area (Å²) in [6.07, 6.45) is 3.41. The molecule has 3 rings (SSSR count). The summed E-state index contributed by atoms with van der Waals surface area (Å²) in [4.78, 5) is 4.69. The van der Waals surface area contributed by atoms with Crippen LogP contribution in [0.3, 0.4) is 0 Å². The third-order valence-corrected chi connectivity index (χ3v) is 5.28. The molecule has 1 aliphatic rings. The lowest BCUT2D eigenvalue weighted by Gasteiger charge is -2.17. The second kappa shape index (κ2) is 5.19. The molecule has 2 aromatic rings. The van der Waals surface area contributed by atoms with Crippen LogP contribution in [0.4, 0.5) is 0 Å². The molecule has 0 amide bonds. The Labute approximate surface area is 117 Å². The molecule has 0 spiro atoms. The number of para-hydroxylation sites is 1.